The number of nitrogens with zero attached hydrogens (tertiary/aromatic N) is 4. The molecule has 7 nitrogen and oxygen atoms in total. The van der Waals surface area contributed by atoms with Crippen LogP contribution in [-0.4, -0.2) is 48.2 Å². The van der Waals surface area contributed by atoms with Crippen LogP contribution in [0.4, 0.5) is 0 Å². The van der Waals surface area contributed by atoms with Crippen LogP contribution in [0.5, 0.6) is 0 Å². The van der Waals surface area contributed by atoms with Gasteiger partial charge < -0.3 is 9.78 Å². The van der Waals surface area contributed by atoms with E-state index in [2.05, 4.69) is 66.0 Å². The normalized spacial score (nSPS) is 13.2. The third kappa shape index (κ3) is 7.81. The maximum atomic E-state index is 8.00. The van der Waals surface area contributed by atoms with Gasteiger partial charge in [-0.3, -0.25) is 10.1 Å². The van der Waals surface area contributed by atoms with Crippen LogP contribution in [0.25, 0.3) is 27.9 Å². The van der Waals surface area contributed by atoms with Crippen molar-refractivity contribution < 1.29 is 4.79 Å². The molecule has 0 spiro atoms. The van der Waals surface area contributed by atoms with Crippen LogP contribution in [0, 0.1) is 0 Å². The maximum Gasteiger partial charge on any atom is 0.133 e. The number of carbonyl (C=O) groups is 1. The Hall–Kier alpha value is -3.39. The Balaban J connectivity index is 0.00000222. The summed E-state index contributed by atoms with van der Waals surface area (Å²) in [5.74, 6) is 0.319. The number of allylic oxidation sites excluding steroid dienone is 5. The van der Waals surface area contributed by atoms with Gasteiger partial charge in [-0.15, -0.1) is 0 Å². The van der Waals surface area contributed by atoms with Crippen LogP contribution < -0.4 is 0 Å². The van der Waals surface area contributed by atoms with Crippen molar-refractivity contribution in [2.75, 3.05) is 6.26 Å². The number of hydrogen-bond donors (Lipinski definition) is 2. The number of H-pyrrole nitrogens is 2. The molecule has 0 aliphatic carbocycles. The Bertz CT molecular complexity index is 1200. The lowest BCUT2D eigenvalue weighted by Gasteiger charge is -2.15. The van der Waals surface area contributed by atoms with Crippen LogP contribution in [0.2, 0.25) is 0 Å². The van der Waals surface area contributed by atoms with Gasteiger partial charge in [0.1, 0.15) is 12.4 Å². The summed E-state index contributed by atoms with van der Waals surface area (Å²) in [5.41, 5.74) is 4.78. The van der Waals surface area contributed by atoms with E-state index in [-0.39, 0.29) is 0 Å². The molecule has 3 heterocycles. The lowest BCUT2D eigenvalue weighted by atomic mass is 9.98. The number of nitrogens with one attached hydrogen (secondary N) is 2. The molecule has 3 aromatic rings. The Kier molecular flexibility index (Phi) is 12.5. The zero-order valence-corrected chi connectivity index (χ0v) is 22.6. The molecule has 0 aliphatic heterocycles. The molecular weight excluding hydrogens is 468 g/mol. The second-order valence-electron chi connectivity index (χ2n) is 8.29. The Morgan fingerprint density at radius 2 is 2.00 bits per heavy atom. The van der Waals surface area contributed by atoms with Gasteiger partial charge >= 0.3 is 0 Å². The molecule has 3 rings (SSSR count). The van der Waals surface area contributed by atoms with Crippen LogP contribution in [0.3, 0.4) is 0 Å². The fraction of sp³-hybridized carbons (Fsp3) is 0.357. The van der Waals surface area contributed by atoms with Gasteiger partial charge in [0.2, 0.25) is 0 Å². The second-order valence-corrected chi connectivity index (χ2v) is 9.42. The van der Waals surface area contributed by atoms with Crippen LogP contribution >= 0.6 is 11.8 Å². The summed E-state index contributed by atoms with van der Waals surface area (Å²) in [7, 11) is 0. The van der Waals surface area contributed by atoms with E-state index < -0.39 is 0 Å². The van der Waals surface area contributed by atoms with E-state index in [0.29, 0.717) is 11.2 Å². The van der Waals surface area contributed by atoms with Crippen molar-refractivity contribution in [3.05, 3.63) is 73.6 Å². The first-order chi connectivity index (χ1) is 17.6. The molecule has 2 unspecified atom stereocenters. The molecule has 0 saturated carbocycles. The molecule has 192 valence electrons. The van der Waals surface area contributed by atoms with Crippen LogP contribution in [-0.2, 0) is 4.79 Å². The Labute approximate surface area is 218 Å². The molecule has 8 heteroatoms. The third-order valence-corrected chi connectivity index (χ3v) is 7.16. The Morgan fingerprint density at radius 3 is 2.69 bits per heavy atom. The minimum atomic E-state index is 0.319. The second kappa shape index (κ2) is 15.6. The first-order valence-corrected chi connectivity index (χ1v) is 13.5. The van der Waals surface area contributed by atoms with Crippen LogP contribution in [0.15, 0.2) is 67.9 Å². The first kappa shape index (κ1) is 28.8. The van der Waals surface area contributed by atoms with Crippen molar-refractivity contribution in [1.82, 2.24) is 29.9 Å². The predicted molar refractivity (Wildman–Crippen MR) is 153 cm³/mol. The highest BCUT2D eigenvalue weighted by molar-refractivity contribution is 7.99. The van der Waals surface area contributed by atoms with Crippen LogP contribution in [0.1, 0.15) is 58.1 Å². The summed E-state index contributed by atoms with van der Waals surface area (Å²) in [6.07, 6.45) is 23.9. The number of rotatable bonds is 11. The van der Waals surface area contributed by atoms with E-state index in [1.54, 1.807) is 12.3 Å². The molecule has 0 fully saturated rings. The molecule has 0 bridgehead atoms. The van der Waals surface area contributed by atoms with Gasteiger partial charge in [-0.2, -0.15) is 22.0 Å². The summed E-state index contributed by atoms with van der Waals surface area (Å²) in [4.78, 5) is 16.3. The summed E-state index contributed by atoms with van der Waals surface area (Å²) in [6, 6.07) is 2.07. The van der Waals surface area contributed by atoms with Crippen molar-refractivity contribution in [1.29, 1.82) is 0 Å². The smallest absolute Gasteiger partial charge is 0.133 e. The van der Waals surface area contributed by atoms with Crippen molar-refractivity contribution in [2.24, 2.45) is 0 Å². The number of carbonyl (C=O) groups excluding carboxylic acids is 1. The average molecular weight is 507 g/mol. The van der Waals surface area contributed by atoms with E-state index in [4.69, 9.17) is 9.78 Å². The van der Waals surface area contributed by atoms with Crippen molar-refractivity contribution in [3.8, 4) is 11.1 Å². The van der Waals surface area contributed by atoms with Gasteiger partial charge in [0.05, 0.1) is 23.8 Å². The molecule has 36 heavy (non-hydrogen) atoms. The van der Waals surface area contributed by atoms with Crippen molar-refractivity contribution >= 4 is 35.3 Å². The van der Waals surface area contributed by atoms with E-state index in [9.17, 15) is 0 Å². The highest BCUT2D eigenvalue weighted by Gasteiger charge is 2.14. The number of aromatic amines is 2. The largest absolute Gasteiger partial charge is 0.347 e. The molecule has 2 atom stereocenters. The fourth-order valence-electron chi connectivity index (χ4n) is 3.91. The average Bonchev–Trinajstić information content (AvgIpc) is 3.58. The zero-order valence-electron chi connectivity index (χ0n) is 21.8. The van der Waals surface area contributed by atoms with Crippen molar-refractivity contribution in [2.45, 2.75) is 57.6 Å². The molecular formula is C28H38N6OS. The van der Waals surface area contributed by atoms with E-state index in [0.717, 1.165) is 46.4 Å². The topological polar surface area (TPSA) is 92.2 Å². The lowest BCUT2D eigenvalue weighted by Crippen LogP contribution is -2.04. The lowest BCUT2D eigenvalue weighted by molar-refractivity contribution is -0.0979. The molecule has 3 aromatic heterocycles. The van der Waals surface area contributed by atoms with E-state index >= 15 is 0 Å². The number of fused-ring (bicyclic) bond motifs is 1. The number of thioether (sulfide) groups is 1. The molecule has 0 aliphatic rings. The molecule has 2 N–H and O–H groups in total. The van der Waals surface area contributed by atoms with Gasteiger partial charge in [-0.05, 0) is 50.0 Å². The summed E-state index contributed by atoms with van der Waals surface area (Å²) < 4.78 is 1.87. The molecule has 0 amide bonds. The van der Waals surface area contributed by atoms with Crippen molar-refractivity contribution in [3.63, 3.8) is 0 Å². The van der Waals surface area contributed by atoms with Gasteiger partial charge in [0, 0.05) is 40.4 Å². The molecule has 0 aromatic carbocycles. The highest BCUT2D eigenvalue weighted by atomic mass is 32.2. The van der Waals surface area contributed by atoms with E-state index in [1.807, 2.05) is 60.2 Å². The van der Waals surface area contributed by atoms with Gasteiger partial charge in [-0.25, -0.2) is 4.68 Å². The van der Waals surface area contributed by atoms with Gasteiger partial charge in [0.15, 0.2) is 0 Å². The fourth-order valence-corrected chi connectivity index (χ4v) is 4.62. The summed E-state index contributed by atoms with van der Waals surface area (Å²) in [5, 5.41) is 14.0. The predicted octanol–water partition coefficient (Wildman–Crippen LogP) is 7.11. The number of hydrogen-bond acceptors (Lipinski definition) is 5. The summed E-state index contributed by atoms with van der Waals surface area (Å²) in [6.45, 7) is 12.4. The number of aromatic nitrogens is 6. The Morgan fingerprint density at radius 1 is 1.19 bits per heavy atom. The maximum absolute atomic E-state index is 8.00. The SMILES string of the molecule is C=C/C=C\C(=C/CC)n1cc(-c2cn[nH]c3[nH]ccc3c(C(C)CCC(CC)SC)nc2)cn1.C=O. The third-order valence-electron chi connectivity index (χ3n) is 5.92. The highest BCUT2D eigenvalue weighted by Crippen LogP contribution is 2.28. The minimum Gasteiger partial charge on any atom is -0.347 e. The quantitative estimate of drug-likeness (QED) is 0.270. The van der Waals surface area contributed by atoms with Gasteiger partial charge in [-0.1, -0.05) is 45.6 Å². The first-order valence-electron chi connectivity index (χ1n) is 12.2. The minimum absolute atomic E-state index is 0.319. The molecule has 0 radical (unpaired) electrons. The zero-order chi connectivity index (χ0) is 26.3. The van der Waals surface area contributed by atoms with E-state index in [1.165, 1.54) is 12.8 Å². The standard InChI is InChI=1S/C27H36N6S.CH2O/c1-6-9-11-23(10-7-2)33-19-22(18-31-33)21-16-29-26(20(4)12-13-24(8-3)34-5)25-14-15-28-27(25)32-30-17-21;1-2/h6,9-11,14-20,24,28,32H,1,7-8,12-13H2,2-5H3;1H2/b11-9-,21-16?,23-10+,29-26?,30-17?;. The monoisotopic (exact) mass is 506 g/mol. The molecule has 0 saturated heterocycles. The van der Waals surface area contributed by atoms with Gasteiger partial charge in [0.25, 0.3) is 0 Å². The summed E-state index contributed by atoms with van der Waals surface area (Å²) >= 11 is 1.95.